The molecule has 1 aliphatic heterocycles. The Morgan fingerprint density at radius 1 is 1.29 bits per heavy atom. The lowest BCUT2D eigenvalue weighted by Crippen LogP contribution is -2.39. The Bertz CT molecular complexity index is 440. The number of hydrogen-bond donors (Lipinski definition) is 0. The fraction of sp³-hybridized carbons (Fsp3) is 0.500. The predicted molar refractivity (Wildman–Crippen MR) is 74.0 cm³/mol. The summed E-state index contributed by atoms with van der Waals surface area (Å²) in [5, 5.41) is 9.18. The maximum absolute atomic E-state index is 9.18. The van der Waals surface area contributed by atoms with Crippen molar-refractivity contribution in [3.8, 4) is 6.07 Å². The number of piperidine rings is 1. The Labute approximate surface area is 111 Å². The Kier molecular flexibility index (Phi) is 3.73. The molecule has 2 rings (SSSR count). The van der Waals surface area contributed by atoms with Crippen LogP contribution in [0.5, 0.6) is 0 Å². The van der Waals surface area contributed by atoms with Gasteiger partial charge in [-0.1, -0.05) is 29.8 Å². The molecule has 0 aromatic heterocycles. The van der Waals surface area contributed by atoms with E-state index < -0.39 is 0 Å². The summed E-state index contributed by atoms with van der Waals surface area (Å²) in [6, 6.07) is 8.17. The van der Waals surface area contributed by atoms with Gasteiger partial charge in [0, 0.05) is 17.6 Å². The molecule has 17 heavy (non-hydrogen) atoms. The van der Waals surface area contributed by atoms with Crippen molar-refractivity contribution < 1.29 is 0 Å². The molecule has 1 fully saturated rings. The van der Waals surface area contributed by atoms with Gasteiger partial charge in [0.25, 0.3) is 0 Å². The molecule has 2 atom stereocenters. The molecule has 0 N–H and O–H groups in total. The lowest BCUT2D eigenvalue weighted by atomic mass is 9.91. The minimum Gasteiger partial charge on any atom is -0.370 e. The normalized spacial score (nSPS) is 24.5. The average molecular weight is 293 g/mol. The summed E-state index contributed by atoms with van der Waals surface area (Å²) in [5.41, 5.74) is 1.84. The molecule has 0 bridgehead atoms. The fourth-order valence-electron chi connectivity index (χ4n) is 2.72. The zero-order valence-electron chi connectivity index (χ0n) is 10.3. The van der Waals surface area contributed by atoms with Crippen LogP contribution in [0, 0.1) is 23.2 Å². The van der Waals surface area contributed by atoms with Gasteiger partial charge in [-0.3, -0.25) is 0 Å². The van der Waals surface area contributed by atoms with Gasteiger partial charge in [-0.05, 0) is 36.5 Å². The first kappa shape index (κ1) is 12.4. The molecular formula is C14H17BrN2. The number of anilines is 1. The highest BCUT2D eigenvalue weighted by Gasteiger charge is 2.23. The molecule has 0 spiro atoms. The molecule has 1 aromatic carbocycles. The number of nitriles is 1. The third-order valence-corrected chi connectivity index (χ3v) is 3.78. The largest absolute Gasteiger partial charge is 0.370 e. The molecule has 0 aliphatic carbocycles. The highest BCUT2D eigenvalue weighted by molar-refractivity contribution is 9.10. The molecule has 90 valence electrons. The van der Waals surface area contributed by atoms with E-state index in [-0.39, 0.29) is 0 Å². The number of nitrogens with zero attached hydrogens (tertiary/aromatic N) is 2. The zero-order valence-corrected chi connectivity index (χ0v) is 11.9. The Balaban J connectivity index is 2.33. The molecule has 2 nitrogen and oxygen atoms in total. The van der Waals surface area contributed by atoms with Gasteiger partial charge >= 0.3 is 0 Å². The van der Waals surface area contributed by atoms with Gasteiger partial charge in [-0.25, -0.2) is 0 Å². The number of hydrogen-bond acceptors (Lipinski definition) is 2. The van der Waals surface area contributed by atoms with Crippen molar-refractivity contribution >= 4 is 21.6 Å². The van der Waals surface area contributed by atoms with E-state index in [0.29, 0.717) is 11.8 Å². The monoisotopic (exact) mass is 292 g/mol. The second kappa shape index (κ2) is 5.10. The quantitative estimate of drug-likeness (QED) is 0.787. The van der Waals surface area contributed by atoms with Crippen molar-refractivity contribution in [2.24, 2.45) is 11.8 Å². The molecule has 1 heterocycles. The van der Waals surface area contributed by atoms with Crippen LogP contribution in [0.25, 0.3) is 0 Å². The van der Waals surface area contributed by atoms with Gasteiger partial charge < -0.3 is 4.90 Å². The first-order chi connectivity index (χ1) is 8.10. The minimum atomic E-state index is 0.698. The molecular weight excluding hydrogens is 276 g/mol. The minimum absolute atomic E-state index is 0.698. The average Bonchev–Trinajstić information content (AvgIpc) is 2.27. The van der Waals surface area contributed by atoms with E-state index in [1.165, 1.54) is 6.42 Å². The summed E-state index contributed by atoms with van der Waals surface area (Å²) >= 11 is 3.49. The van der Waals surface area contributed by atoms with Gasteiger partial charge in [-0.2, -0.15) is 5.26 Å². The Morgan fingerprint density at radius 3 is 2.53 bits per heavy atom. The molecule has 0 saturated carbocycles. The molecule has 1 aliphatic rings. The van der Waals surface area contributed by atoms with Crippen LogP contribution >= 0.6 is 15.9 Å². The molecule has 1 aromatic rings. The van der Waals surface area contributed by atoms with Gasteiger partial charge in [0.05, 0.1) is 11.3 Å². The van der Waals surface area contributed by atoms with Crippen LogP contribution in [-0.2, 0) is 0 Å². The van der Waals surface area contributed by atoms with Crippen molar-refractivity contribution in [2.45, 2.75) is 20.3 Å². The van der Waals surface area contributed by atoms with Gasteiger partial charge in [0.1, 0.15) is 6.07 Å². The van der Waals surface area contributed by atoms with Gasteiger partial charge in [-0.15, -0.1) is 0 Å². The summed E-state index contributed by atoms with van der Waals surface area (Å²) in [5.74, 6) is 1.40. The van der Waals surface area contributed by atoms with Crippen LogP contribution in [-0.4, -0.2) is 13.1 Å². The maximum Gasteiger partial charge on any atom is 0.101 e. The summed E-state index contributed by atoms with van der Waals surface area (Å²) in [4.78, 5) is 2.35. The van der Waals surface area contributed by atoms with Crippen molar-refractivity contribution in [2.75, 3.05) is 18.0 Å². The molecule has 0 radical (unpaired) electrons. The van der Waals surface area contributed by atoms with Gasteiger partial charge in [0.15, 0.2) is 0 Å². The number of rotatable bonds is 1. The topological polar surface area (TPSA) is 27.0 Å². The lowest BCUT2D eigenvalue weighted by molar-refractivity contribution is 0.357. The first-order valence-corrected chi connectivity index (χ1v) is 6.84. The fourth-order valence-corrected chi connectivity index (χ4v) is 3.07. The van der Waals surface area contributed by atoms with E-state index in [0.717, 1.165) is 28.8 Å². The van der Waals surface area contributed by atoms with E-state index >= 15 is 0 Å². The first-order valence-electron chi connectivity index (χ1n) is 6.04. The number of benzene rings is 1. The van der Waals surface area contributed by atoms with Crippen molar-refractivity contribution in [3.63, 3.8) is 0 Å². The van der Waals surface area contributed by atoms with E-state index in [1.54, 1.807) is 0 Å². The van der Waals surface area contributed by atoms with Crippen LogP contribution in [0.2, 0.25) is 0 Å². The van der Waals surface area contributed by atoms with Crippen molar-refractivity contribution in [3.05, 3.63) is 28.2 Å². The van der Waals surface area contributed by atoms with E-state index in [9.17, 15) is 5.26 Å². The highest BCUT2D eigenvalue weighted by atomic mass is 79.9. The van der Waals surface area contributed by atoms with E-state index in [1.807, 2.05) is 12.1 Å². The highest BCUT2D eigenvalue weighted by Crippen LogP contribution is 2.30. The summed E-state index contributed by atoms with van der Waals surface area (Å²) < 4.78 is 1.04. The van der Waals surface area contributed by atoms with Gasteiger partial charge in [0.2, 0.25) is 0 Å². The standard InChI is InChI=1S/C14H17BrN2/c1-10-5-11(2)9-17(8-10)14-6-13(15)4-3-12(14)7-16/h3-4,6,10-11H,5,8-9H2,1-2H3. The van der Waals surface area contributed by atoms with Crippen LogP contribution in [0.1, 0.15) is 25.8 Å². The maximum atomic E-state index is 9.18. The second-order valence-corrected chi connectivity index (χ2v) is 6.04. The van der Waals surface area contributed by atoms with Crippen molar-refractivity contribution in [1.29, 1.82) is 5.26 Å². The lowest BCUT2D eigenvalue weighted by Gasteiger charge is -2.37. The van der Waals surface area contributed by atoms with Crippen LogP contribution in [0.15, 0.2) is 22.7 Å². The van der Waals surface area contributed by atoms with E-state index in [4.69, 9.17) is 0 Å². The third kappa shape index (κ3) is 2.81. The van der Waals surface area contributed by atoms with E-state index in [2.05, 4.69) is 46.8 Å². The van der Waals surface area contributed by atoms with Crippen molar-refractivity contribution in [1.82, 2.24) is 0 Å². The molecule has 1 saturated heterocycles. The van der Waals surface area contributed by atoms with Crippen LogP contribution < -0.4 is 4.90 Å². The second-order valence-electron chi connectivity index (χ2n) is 5.12. The van der Waals surface area contributed by atoms with Crippen LogP contribution in [0.4, 0.5) is 5.69 Å². The summed E-state index contributed by atoms with van der Waals surface area (Å²) in [7, 11) is 0. The number of halogens is 1. The Hall–Kier alpha value is -1.01. The third-order valence-electron chi connectivity index (χ3n) is 3.29. The molecule has 3 heteroatoms. The molecule has 0 amide bonds. The van der Waals surface area contributed by atoms with Crippen LogP contribution in [0.3, 0.4) is 0 Å². The SMILES string of the molecule is CC1CC(C)CN(c2cc(Br)ccc2C#N)C1. The zero-order chi connectivity index (χ0) is 12.4. The predicted octanol–water partition coefficient (Wildman–Crippen LogP) is 3.80. The summed E-state index contributed by atoms with van der Waals surface area (Å²) in [6.45, 7) is 6.67. The Morgan fingerprint density at radius 2 is 1.94 bits per heavy atom. The smallest absolute Gasteiger partial charge is 0.101 e. The molecule has 2 unspecified atom stereocenters. The summed E-state index contributed by atoms with van der Waals surface area (Å²) in [6.07, 6.45) is 1.28.